The van der Waals surface area contributed by atoms with E-state index in [0.29, 0.717) is 11.8 Å². The van der Waals surface area contributed by atoms with Gasteiger partial charge in [0.1, 0.15) is 5.82 Å². The molecule has 0 aliphatic heterocycles. The summed E-state index contributed by atoms with van der Waals surface area (Å²) >= 11 is 6.13. The summed E-state index contributed by atoms with van der Waals surface area (Å²) in [7, 11) is 0. The van der Waals surface area contributed by atoms with Gasteiger partial charge in [0.05, 0.1) is 18.5 Å². The van der Waals surface area contributed by atoms with E-state index in [9.17, 15) is 0 Å². The number of nitrogens with zero attached hydrogens (tertiary/aromatic N) is 2. The van der Waals surface area contributed by atoms with E-state index < -0.39 is 0 Å². The third kappa shape index (κ3) is 3.96. The fourth-order valence-corrected chi connectivity index (χ4v) is 2.85. The molecule has 5 heteroatoms. The first-order valence-electron chi connectivity index (χ1n) is 6.92. The molecule has 1 saturated carbocycles. The second kappa shape index (κ2) is 6.42. The van der Waals surface area contributed by atoms with E-state index in [1.54, 1.807) is 12.4 Å². The molecule has 0 amide bonds. The summed E-state index contributed by atoms with van der Waals surface area (Å²) in [5.74, 6) is 2.02. The molecule has 4 nitrogen and oxygen atoms in total. The van der Waals surface area contributed by atoms with Gasteiger partial charge in [-0.1, -0.05) is 12.8 Å². The van der Waals surface area contributed by atoms with Crippen molar-refractivity contribution in [3.63, 3.8) is 0 Å². The van der Waals surface area contributed by atoms with Crippen molar-refractivity contribution in [3.8, 4) is 5.88 Å². The van der Waals surface area contributed by atoms with Gasteiger partial charge in [-0.05, 0) is 26.7 Å². The molecule has 1 aromatic rings. The monoisotopic (exact) mass is 283 g/mol. The van der Waals surface area contributed by atoms with Crippen molar-refractivity contribution in [1.29, 1.82) is 0 Å². The summed E-state index contributed by atoms with van der Waals surface area (Å²) < 4.78 is 5.54. The number of nitrogens with one attached hydrogen (secondary N) is 1. The number of rotatable bonds is 6. The first kappa shape index (κ1) is 14.4. The molecule has 0 radical (unpaired) electrons. The molecule has 1 aliphatic rings. The summed E-state index contributed by atoms with van der Waals surface area (Å²) in [4.78, 5) is 8.55. The highest BCUT2D eigenvalue weighted by atomic mass is 35.5. The van der Waals surface area contributed by atoms with Crippen LogP contribution in [0.15, 0.2) is 12.4 Å². The number of ether oxygens (including phenoxy) is 1. The van der Waals surface area contributed by atoms with Crippen LogP contribution in [-0.2, 0) is 0 Å². The van der Waals surface area contributed by atoms with Crippen LogP contribution in [0.25, 0.3) is 0 Å². The van der Waals surface area contributed by atoms with Crippen LogP contribution in [0.3, 0.4) is 0 Å². The highest BCUT2D eigenvalue weighted by Crippen LogP contribution is 2.39. The van der Waals surface area contributed by atoms with E-state index >= 15 is 0 Å². The Hall–Kier alpha value is -1.03. The molecule has 106 valence electrons. The molecule has 1 N–H and O–H groups in total. The third-order valence-electron chi connectivity index (χ3n) is 3.56. The second-order valence-corrected chi connectivity index (χ2v) is 5.87. The Morgan fingerprint density at radius 3 is 2.74 bits per heavy atom. The minimum absolute atomic E-state index is 0.105. The highest BCUT2D eigenvalue weighted by molar-refractivity contribution is 6.18. The van der Waals surface area contributed by atoms with Crippen molar-refractivity contribution >= 4 is 17.4 Å². The molecule has 0 aromatic carbocycles. The Balaban J connectivity index is 1.95. The Kier molecular flexibility index (Phi) is 4.86. The fraction of sp³-hybridized carbons (Fsp3) is 0.714. The molecular weight excluding hydrogens is 262 g/mol. The lowest BCUT2D eigenvalue weighted by molar-refractivity contribution is 0.232. The molecule has 1 heterocycles. The topological polar surface area (TPSA) is 47.0 Å². The van der Waals surface area contributed by atoms with Gasteiger partial charge >= 0.3 is 0 Å². The summed E-state index contributed by atoms with van der Waals surface area (Å²) in [6.07, 6.45) is 8.40. The number of anilines is 1. The first-order valence-corrected chi connectivity index (χ1v) is 7.46. The lowest BCUT2D eigenvalue weighted by Crippen LogP contribution is -2.28. The molecule has 0 bridgehead atoms. The number of alkyl halides is 1. The average molecular weight is 284 g/mol. The van der Waals surface area contributed by atoms with Crippen molar-refractivity contribution in [1.82, 2.24) is 9.97 Å². The van der Waals surface area contributed by atoms with Gasteiger partial charge < -0.3 is 10.1 Å². The van der Waals surface area contributed by atoms with Crippen LogP contribution in [0.4, 0.5) is 5.82 Å². The Morgan fingerprint density at radius 2 is 2.11 bits per heavy atom. The lowest BCUT2D eigenvalue weighted by atomic mass is 9.88. The highest BCUT2D eigenvalue weighted by Gasteiger charge is 2.32. The fourth-order valence-electron chi connectivity index (χ4n) is 2.49. The summed E-state index contributed by atoms with van der Waals surface area (Å²) in [6.45, 7) is 4.81. The first-order chi connectivity index (χ1) is 9.13. The number of hydrogen-bond donors (Lipinski definition) is 1. The minimum atomic E-state index is 0.105. The summed E-state index contributed by atoms with van der Waals surface area (Å²) in [5, 5.41) is 3.35. The van der Waals surface area contributed by atoms with Crippen LogP contribution >= 0.6 is 11.6 Å². The molecule has 1 fully saturated rings. The molecule has 1 aromatic heterocycles. The van der Waals surface area contributed by atoms with E-state index in [2.05, 4.69) is 15.3 Å². The van der Waals surface area contributed by atoms with E-state index in [1.807, 2.05) is 13.8 Å². The lowest BCUT2D eigenvalue weighted by Gasteiger charge is -2.26. The van der Waals surface area contributed by atoms with Crippen molar-refractivity contribution in [3.05, 3.63) is 12.4 Å². The van der Waals surface area contributed by atoms with E-state index in [-0.39, 0.29) is 11.5 Å². The zero-order valence-corrected chi connectivity index (χ0v) is 12.4. The van der Waals surface area contributed by atoms with Crippen LogP contribution in [0.5, 0.6) is 5.88 Å². The van der Waals surface area contributed by atoms with E-state index in [4.69, 9.17) is 16.3 Å². The maximum atomic E-state index is 6.13. The standard InChI is InChI=1S/C14H22ClN3O/c1-11(2)19-13-8-16-7-12(18-13)17-10-14(9-15)5-3-4-6-14/h7-8,11H,3-6,9-10H2,1-2H3,(H,17,18). The normalized spacial score (nSPS) is 17.7. The van der Waals surface area contributed by atoms with Crippen molar-refractivity contribution in [2.24, 2.45) is 5.41 Å². The smallest absolute Gasteiger partial charge is 0.234 e. The molecule has 1 aliphatic carbocycles. The molecular formula is C14H22ClN3O. The van der Waals surface area contributed by atoms with Crippen LogP contribution in [0.1, 0.15) is 39.5 Å². The molecule has 2 rings (SSSR count). The van der Waals surface area contributed by atoms with Crippen molar-refractivity contribution in [2.75, 3.05) is 17.7 Å². The minimum Gasteiger partial charge on any atom is -0.474 e. The van der Waals surface area contributed by atoms with Gasteiger partial charge in [-0.15, -0.1) is 11.6 Å². The van der Waals surface area contributed by atoms with Crippen LogP contribution in [0.2, 0.25) is 0 Å². The quantitative estimate of drug-likeness (QED) is 0.812. The number of halogens is 1. The Labute approximate surface area is 119 Å². The van der Waals surface area contributed by atoms with Gasteiger partial charge in [-0.25, -0.2) is 0 Å². The maximum Gasteiger partial charge on any atom is 0.234 e. The predicted octanol–water partition coefficient (Wildman–Crippen LogP) is 3.47. The molecule has 19 heavy (non-hydrogen) atoms. The van der Waals surface area contributed by atoms with Gasteiger partial charge in [0.15, 0.2) is 0 Å². The SMILES string of the molecule is CC(C)Oc1cncc(NCC2(CCl)CCCC2)n1. The van der Waals surface area contributed by atoms with Crippen LogP contribution < -0.4 is 10.1 Å². The van der Waals surface area contributed by atoms with Gasteiger partial charge in [-0.2, -0.15) is 4.98 Å². The van der Waals surface area contributed by atoms with Crippen molar-refractivity contribution in [2.45, 2.75) is 45.6 Å². The van der Waals surface area contributed by atoms with Crippen LogP contribution in [0, 0.1) is 5.41 Å². The van der Waals surface area contributed by atoms with E-state index in [1.165, 1.54) is 25.7 Å². The van der Waals surface area contributed by atoms with Gasteiger partial charge in [0, 0.05) is 17.8 Å². The number of hydrogen-bond acceptors (Lipinski definition) is 4. The second-order valence-electron chi connectivity index (χ2n) is 5.60. The zero-order chi connectivity index (χ0) is 13.7. The molecule has 0 saturated heterocycles. The number of aromatic nitrogens is 2. The van der Waals surface area contributed by atoms with Gasteiger partial charge in [0.25, 0.3) is 0 Å². The van der Waals surface area contributed by atoms with Crippen molar-refractivity contribution < 1.29 is 4.74 Å². The van der Waals surface area contributed by atoms with E-state index in [0.717, 1.165) is 12.4 Å². The van der Waals surface area contributed by atoms with Crippen LogP contribution in [-0.4, -0.2) is 28.5 Å². The average Bonchev–Trinajstić information content (AvgIpc) is 2.86. The summed E-state index contributed by atoms with van der Waals surface area (Å²) in [6, 6.07) is 0. The third-order valence-corrected chi connectivity index (χ3v) is 4.13. The Bertz CT molecular complexity index is 405. The molecule has 0 atom stereocenters. The van der Waals surface area contributed by atoms with Gasteiger partial charge in [-0.3, -0.25) is 4.98 Å². The molecule has 0 unspecified atom stereocenters. The predicted molar refractivity (Wildman–Crippen MR) is 77.9 cm³/mol. The Morgan fingerprint density at radius 1 is 1.37 bits per heavy atom. The largest absolute Gasteiger partial charge is 0.474 e. The molecule has 0 spiro atoms. The summed E-state index contributed by atoms with van der Waals surface area (Å²) in [5.41, 5.74) is 0.220. The maximum absolute atomic E-state index is 6.13. The zero-order valence-electron chi connectivity index (χ0n) is 11.7. The van der Waals surface area contributed by atoms with Gasteiger partial charge in [0.2, 0.25) is 5.88 Å².